The van der Waals surface area contributed by atoms with Gasteiger partial charge < -0.3 is 4.74 Å². The van der Waals surface area contributed by atoms with Crippen molar-refractivity contribution in [2.45, 2.75) is 51.9 Å². The summed E-state index contributed by atoms with van der Waals surface area (Å²) in [6, 6.07) is 8.50. The van der Waals surface area contributed by atoms with Crippen molar-refractivity contribution >= 4 is 17.5 Å². The minimum atomic E-state index is 0.0102. The second-order valence-electron chi connectivity index (χ2n) is 6.06. The minimum Gasteiger partial charge on any atom is -0.481 e. The summed E-state index contributed by atoms with van der Waals surface area (Å²) in [7, 11) is 0. The van der Waals surface area contributed by atoms with E-state index < -0.39 is 0 Å². The van der Waals surface area contributed by atoms with E-state index in [0.717, 1.165) is 18.4 Å². The third kappa shape index (κ3) is 4.82. The lowest BCUT2D eigenvalue weighted by molar-refractivity contribution is 0.305. The zero-order valence-corrected chi connectivity index (χ0v) is 13.8. The molecule has 1 unspecified atom stereocenters. The fourth-order valence-electron chi connectivity index (χ4n) is 2.21. The lowest BCUT2D eigenvalue weighted by Gasteiger charge is -2.23. The predicted octanol–water partition coefficient (Wildman–Crippen LogP) is 5.10. The van der Waals surface area contributed by atoms with E-state index in [-0.39, 0.29) is 11.3 Å². The molecule has 0 amide bonds. The number of hydrogen-bond acceptors (Lipinski definition) is 2. The van der Waals surface area contributed by atoms with Crippen molar-refractivity contribution in [3.63, 3.8) is 0 Å². The average Bonchev–Trinajstić information content (AvgIpc) is 2.39. The minimum absolute atomic E-state index is 0.0102. The Balaban J connectivity index is 3.03. The SMILES string of the molecule is CCOC(=N)C(CCCCl)c1cccc(C(C)(C)C)c1. The van der Waals surface area contributed by atoms with Gasteiger partial charge in [0.1, 0.15) is 0 Å². The predicted molar refractivity (Wildman–Crippen MR) is 87.2 cm³/mol. The van der Waals surface area contributed by atoms with Gasteiger partial charge in [-0.1, -0.05) is 45.0 Å². The summed E-state index contributed by atoms with van der Waals surface area (Å²) in [6.07, 6.45) is 1.75. The maximum absolute atomic E-state index is 8.12. The van der Waals surface area contributed by atoms with Gasteiger partial charge in [0.2, 0.25) is 0 Å². The van der Waals surface area contributed by atoms with E-state index in [0.29, 0.717) is 18.4 Å². The Morgan fingerprint density at radius 1 is 1.35 bits per heavy atom. The van der Waals surface area contributed by atoms with Crippen molar-refractivity contribution in [3.05, 3.63) is 35.4 Å². The maximum atomic E-state index is 8.12. The number of nitrogens with one attached hydrogen (secondary N) is 1. The van der Waals surface area contributed by atoms with Crippen LogP contribution in [-0.4, -0.2) is 18.4 Å². The van der Waals surface area contributed by atoms with Crippen LogP contribution >= 0.6 is 11.6 Å². The monoisotopic (exact) mass is 295 g/mol. The van der Waals surface area contributed by atoms with E-state index in [9.17, 15) is 0 Å². The van der Waals surface area contributed by atoms with Gasteiger partial charge in [-0.05, 0) is 36.3 Å². The van der Waals surface area contributed by atoms with Gasteiger partial charge in [0.15, 0.2) is 5.90 Å². The van der Waals surface area contributed by atoms with Crippen LogP contribution in [0.2, 0.25) is 0 Å². The Bertz CT molecular complexity index is 437. The molecule has 20 heavy (non-hydrogen) atoms. The fourth-order valence-corrected chi connectivity index (χ4v) is 2.36. The number of hydrogen-bond donors (Lipinski definition) is 1. The molecule has 0 spiro atoms. The molecule has 1 aromatic carbocycles. The van der Waals surface area contributed by atoms with Crippen LogP contribution in [-0.2, 0) is 10.2 Å². The molecule has 0 aliphatic rings. The third-order valence-electron chi connectivity index (χ3n) is 3.40. The van der Waals surface area contributed by atoms with Crippen LogP contribution in [0.3, 0.4) is 0 Å². The normalized spacial score (nSPS) is 13.1. The first-order valence-electron chi connectivity index (χ1n) is 7.27. The number of halogens is 1. The van der Waals surface area contributed by atoms with E-state index in [1.807, 2.05) is 6.92 Å². The fraction of sp³-hybridized carbons (Fsp3) is 0.588. The smallest absolute Gasteiger partial charge is 0.188 e. The molecule has 0 aromatic heterocycles. The Morgan fingerprint density at radius 2 is 2.05 bits per heavy atom. The molecule has 0 heterocycles. The van der Waals surface area contributed by atoms with Crippen molar-refractivity contribution in [3.8, 4) is 0 Å². The first kappa shape index (κ1) is 17.0. The molecular formula is C17H26ClNO. The van der Waals surface area contributed by atoms with Gasteiger partial charge in [0.05, 0.1) is 12.5 Å². The molecule has 1 aromatic rings. The van der Waals surface area contributed by atoms with Crippen LogP contribution in [0.4, 0.5) is 0 Å². The quantitative estimate of drug-likeness (QED) is 0.442. The molecular weight excluding hydrogens is 270 g/mol. The summed E-state index contributed by atoms with van der Waals surface area (Å²) in [5, 5.41) is 8.12. The summed E-state index contributed by atoms with van der Waals surface area (Å²) >= 11 is 5.81. The van der Waals surface area contributed by atoms with Crippen LogP contribution in [0.5, 0.6) is 0 Å². The van der Waals surface area contributed by atoms with E-state index in [1.54, 1.807) is 0 Å². The van der Waals surface area contributed by atoms with Gasteiger partial charge in [0, 0.05) is 5.88 Å². The molecule has 0 saturated heterocycles. The van der Waals surface area contributed by atoms with E-state index >= 15 is 0 Å². The van der Waals surface area contributed by atoms with Crippen molar-refractivity contribution in [2.75, 3.05) is 12.5 Å². The summed E-state index contributed by atoms with van der Waals surface area (Å²) in [4.78, 5) is 0. The van der Waals surface area contributed by atoms with Crippen molar-refractivity contribution in [1.82, 2.24) is 0 Å². The van der Waals surface area contributed by atoms with Crippen molar-refractivity contribution in [1.29, 1.82) is 5.41 Å². The van der Waals surface area contributed by atoms with Gasteiger partial charge in [-0.2, -0.15) is 0 Å². The van der Waals surface area contributed by atoms with Gasteiger partial charge in [-0.25, -0.2) is 0 Å². The lowest BCUT2D eigenvalue weighted by Crippen LogP contribution is -2.17. The molecule has 0 aliphatic carbocycles. The zero-order valence-electron chi connectivity index (χ0n) is 13.0. The molecule has 0 bridgehead atoms. The molecule has 112 valence electrons. The highest BCUT2D eigenvalue weighted by Crippen LogP contribution is 2.29. The number of alkyl halides is 1. The van der Waals surface area contributed by atoms with E-state index in [1.165, 1.54) is 5.56 Å². The number of benzene rings is 1. The maximum Gasteiger partial charge on any atom is 0.188 e. The van der Waals surface area contributed by atoms with E-state index in [2.05, 4.69) is 45.0 Å². The molecule has 1 rings (SSSR count). The highest BCUT2D eigenvalue weighted by Gasteiger charge is 2.21. The highest BCUT2D eigenvalue weighted by atomic mass is 35.5. The van der Waals surface area contributed by atoms with Gasteiger partial charge in [-0.15, -0.1) is 11.6 Å². The topological polar surface area (TPSA) is 33.1 Å². The summed E-state index contributed by atoms with van der Waals surface area (Å²) in [5.41, 5.74) is 2.55. The van der Waals surface area contributed by atoms with Crippen LogP contribution in [0.25, 0.3) is 0 Å². The van der Waals surface area contributed by atoms with Crippen LogP contribution < -0.4 is 0 Å². The Labute approximate surface area is 128 Å². The number of ether oxygens (including phenoxy) is 1. The largest absolute Gasteiger partial charge is 0.481 e. The van der Waals surface area contributed by atoms with Crippen molar-refractivity contribution in [2.24, 2.45) is 0 Å². The molecule has 0 aliphatic heterocycles. The molecule has 3 heteroatoms. The molecule has 0 saturated carbocycles. The Morgan fingerprint density at radius 3 is 2.60 bits per heavy atom. The first-order valence-corrected chi connectivity index (χ1v) is 7.81. The second kappa shape index (κ2) is 7.68. The highest BCUT2D eigenvalue weighted by molar-refractivity contribution is 6.17. The molecule has 2 nitrogen and oxygen atoms in total. The van der Waals surface area contributed by atoms with Crippen LogP contribution in [0.1, 0.15) is 57.6 Å². The van der Waals surface area contributed by atoms with Gasteiger partial charge in [-0.3, -0.25) is 5.41 Å². The average molecular weight is 296 g/mol. The van der Waals surface area contributed by atoms with E-state index in [4.69, 9.17) is 21.7 Å². The third-order valence-corrected chi connectivity index (χ3v) is 3.67. The molecule has 1 N–H and O–H groups in total. The van der Waals surface area contributed by atoms with Crippen LogP contribution in [0, 0.1) is 5.41 Å². The summed E-state index contributed by atoms with van der Waals surface area (Å²) in [6.45, 7) is 9.06. The molecule has 0 radical (unpaired) electrons. The summed E-state index contributed by atoms with van der Waals surface area (Å²) < 4.78 is 5.42. The van der Waals surface area contributed by atoms with Gasteiger partial charge in [0.25, 0.3) is 0 Å². The van der Waals surface area contributed by atoms with Crippen molar-refractivity contribution < 1.29 is 4.74 Å². The molecule has 1 atom stereocenters. The van der Waals surface area contributed by atoms with Crippen LogP contribution in [0.15, 0.2) is 24.3 Å². The molecule has 0 fully saturated rings. The summed E-state index contributed by atoms with van der Waals surface area (Å²) in [5.74, 6) is 0.981. The van der Waals surface area contributed by atoms with Gasteiger partial charge >= 0.3 is 0 Å². The second-order valence-corrected chi connectivity index (χ2v) is 6.43. The first-order chi connectivity index (χ1) is 9.40. The standard InChI is InChI=1S/C17H26ClNO/c1-5-20-16(19)15(10-7-11-18)13-8-6-9-14(12-13)17(2,3)4/h6,8-9,12,15,19H,5,7,10-11H2,1-4H3. The lowest BCUT2D eigenvalue weighted by atomic mass is 9.83. The Kier molecular flexibility index (Phi) is 6.54. The zero-order chi connectivity index (χ0) is 15.2. The Hall–Kier alpha value is -1.02. The number of rotatable bonds is 6.